The number of furan rings is 1. The Kier molecular flexibility index (Phi) is 6.01. The predicted octanol–water partition coefficient (Wildman–Crippen LogP) is 3.09. The molecule has 0 unspecified atom stereocenters. The van der Waals surface area contributed by atoms with Gasteiger partial charge in [-0.2, -0.15) is 0 Å². The lowest BCUT2D eigenvalue weighted by Gasteiger charge is -2.20. The maximum Gasteiger partial charge on any atom is 0.290 e. The summed E-state index contributed by atoms with van der Waals surface area (Å²) in [7, 11) is 1.54. The van der Waals surface area contributed by atoms with E-state index in [1.807, 2.05) is 13.0 Å². The van der Waals surface area contributed by atoms with Crippen LogP contribution in [0, 0.1) is 6.92 Å². The SMILES string of the molecule is CCCN(CC(=O)Nc1ccccc1OC)C(=O)c1ccc(C)o1. The first kappa shape index (κ1) is 17.6. The van der Waals surface area contributed by atoms with Gasteiger partial charge in [0.25, 0.3) is 5.91 Å². The van der Waals surface area contributed by atoms with Gasteiger partial charge >= 0.3 is 0 Å². The first-order valence-corrected chi connectivity index (χ1v) is 7.83. The number of hydrogen-bond donors (Lipinski definition) is 1. The Morgan fingerprint density at radius 3 is 2.58 bits per heavy atom. The van der Waals surface area contributed by atoms with Gasteiger partial charge in [0.15, 0.2) is 5.76 Å². The molecule has 24 heavy (non-hydrogen) atoms. The lowest BCUT2D eigenvalue weighted by atomic mass is 10.3. The third-order valence-electron chi connectivity index (χ3n) is 3.45. The summed E-state index contributed by atoms with van der Waals surface area (Å²) in [6.07, 6.45) is 0.743. The van der Waals surface area contributed by atoms with E-state index in [4.69, 9.17) is 9.15 Å². The first-order valence-electron chi connectivity index (χ1n) is 7.83. The third-order valence-corrected chi connectivity index (χ3v) is 3.45. The summed E-state index contributed by atoms with van der Waals surface area (Å²) >= 11 is 0. The van der Waals surface area contributed by atoms with Gasteiger partial charge in [0, 0.05) is 6.54 Å². The molecule has 0 radical (unpaired) electrons. The van der Waals surface area contributed by atoms with E-state index in [0.717, 1.165) is 6.42 Å². The fraction of sp³-hybridized carbons (Fsp3) is 0.333. The molecule has 2 aromatic rings. The molecule has 0 saturated carbocycles. The normalized spacial score (nSPS) is 10.3. The van der Waals surface area contributed by atoms with E-state index in [1.165, 1.54) is 12.0 Å². The van der Waals surface area contributed by atoms with Crippen LogP contribution >= 0.6 is 0 Å². The Balaban J connectivity index is 2.06. The van der Waals surface area contributed by atoms with Crippen molar-refractivity contribution < 1.29 is 18.7 Å². The molecule has 1 aromatic heterocycles. The van der Waals surface area contributed by atoms with Gasteiger partial charge in [-0.25, -0.2) is 0 Å². The molecular formula is C18H22N2O4. The second-order valence-electron chi connectivity index (χ2n) is 5.39. The number of nitrogens with one attached hydrogen (secondary N) is 1. The van der Waals surface area contributed by atoms with Gasteiger partial charge < -0.3 is 19.4 Å². The second kappa shape index (κ2) is 8.19. The fourth-order valence-electron chi connectivity index (χ4n) is 2.34. The number of carbonyl (C=O) groups excluding carboxylic acids is 2. The van der Waals surface area contributed by atoms with E-state index in [9.17, 15) is 9.59 Å². The number of para-hydroxylation sites is 2. The van der Waals surface area contributed by atoms with Gasteiger partial charge in [-0.1, -0.05) is 19.1 Å². The molecule has 0 atom stereocenters. The van der Waals surface area contributed by atoms with Crippen molar-refractivity contribution in [3.63, 3.8) is 0 Å². The summed E-state index contributed by atoms with van der Waals surface area (Å²) in [5, 5.41) is 2.77. The number of rotatable bonds is 7. The largest absolute Gasteiger partial charge is 0.495 e. The summed E-state index contributed by atoms with van der Waals surface area (Å²) in [5.41, 5.74) is 0.572. The lowest BCUT2D eigenvalue weighted by Crippen LogP contribution is -2.38. The zero-order valence-corrected chi connectivity index (χ0v) is 14.2. The minimum atomic E-state index is -0.292. The topological polar surface area (TPSA) is 71.8 Å². The van der Waals surface area contributed by atoms with Crippen LogP contribution in [0.2, 0.25) is 0 Å². The van der Waals surface area contributed by atoms with Crippen molar-refractivity contribution in [2.45, 2.75) is 20.3 Å². The molecule has 0 aliphatic rings. The Morgan fingerprint density at radius 2 is 1.96 bits per heavy atom. The summed E-state index contributed by atoms with van der Waals surface area (Å²) in [6, 6.07) is 10.5. The quantitative estimate of drug-likeness (QED) is 0.847. The third kappa shape index (κ3) is 4.38. The van der Waals surface area contributed by atoms with Crippen molar-refractivity contribution >= 4 is 17.5 Å². The van der Waals surface area contributed by atoms with E-state index in [0.29, 0.717) is 23.7 Å². The van der Waals surface area contributed by atoms with E-state index in [-0.39, 0.29) is 24.1 Å². The minimum absolute atomic E-state index is 0.0511. The molecule has 0 bridgehead atoms. The summed E-state index contributed by atoms with van der Waals surface area (Å²) < 4.78 is 10.6. The highest BCUT2D eigenvalue weighted by molar-refractivity contribution is 5.98. The van der Waals surface area contributed by atoms with Crippen LogP contribution in [0.4, 0.5) is 5.69 Å². The van der Waals surface area contributed by atoms with Crippen molar-refractivity contribution in [3.05, 3.63) is 47.9 Å². The van der Waals surface area contributed by atoms with Crippen molar-refractivity contribution in [1.82, 2.24) is 4.90 Å². The Hall–Kier alpha value is -2.76. The molecule has 2 amide bonds. The van der Waals surface area contributed by atoms with Crippen LogP contribution < -0.4 is 10.1 Å². The smallest absolute Gasteiger partial charge is 0.290 e. The summed E-state index contributed by atoms with van der Waals surface area (Å²) in [6.45, 7) is 4.14. The van der Waals surface area contributed by atoms with E-state index >= 15 is 0 Å². The van der Waals surface area contributed by atoms with Gasteiger partial charge in [-0.3, -0.25) is 9.59 Å². The van der Waals surface area contributed by atoms with Crippen molar-refractivity contribution in [2.75, 3.05) is 25.5 Å². The Labute approximate surface area is 141 Å². The maximum atomic E-state index is 12.5. The van der Waals surface area contributed by atoms with Gasteiger partial charge in [0.05, 0.1) is 12.8 Å². The van der Waals surface area contributed by atoms with Gasteiger partial charge in [-0.15, -0.1) is 0 Å². The highest BCUT2D eigenvalue weighted by atomic mass is 16.5. The van der Waals surface area contributed by atoms with E-state index in [1.54, 1.807) is 37.3 Å². The van der Waals surface area contributed by atoms with Gasteiger partial charge in [-0.05, 0) is 37.6 Å². The van der Waals surface area contributed by atoms with Gasteiger partial charge in [0.2, 0.25) is 5.91 Å². The molecular weight excluding hydrogens is 308 g/mol. The van der Waals surface area contributed by atoms with Gasteiger partial charge in [0.1, 0.15) is 18.1 Å². The molecule has 1 aromatic carbocycles. The highest BCUT2D eigenvalue weighted by Crippen LogP contribution is 2.23. The second-order valence-corrected chi connectivity index (χ2v) is 5.39. The van der Waals surface area contributed by atoms with Crippen molar-refractivity contribution in [1.29, 1.82) is 0 Å². The molecule has 1 heterocycles. The zero-order valence-electron chi connectivity index (χ0n) is 14.2. The molecule has 0 aliphatic heterocycles. The number of anilines is 1. The van der Waals surface area contributed by atoms with Crippen LogP contribution in [0.1, 0.15) is 29.7 Å². The molecule has 128 valence electrons. The number of amides is 2. The van der Waals surface area contributed by atoms with Crippen LogP contribution in [0.25, 0.3) is 0 Å². The average Bonchev–Trinajstić information content (AvgIpc) is 3.00. The van der Waals surface area contributed by atoms with E-state index < -0.39 is 0 Å². The number of ether oxygens (including phenoxy) is 1. The van der Waals surface area contributed by atoms with Crippen LogP contribution in [0.5, 0.6) is 5.75 Å². The monoisotopic (exact) mass is 330 g/mol. The number of aryl methyl sites for hydroxylation is 1. The molecule has 6 heteroatoms. The number of carbonyl (C=O) groups is 2. The van der Waals surface area contributed by atoms with Crippen LogP contribution in [0.15, 0.2) is 40.8 Å². The molecule has 2 rings (SSSR count). The maximum absolute atomic E-state index is 12.5. The number of nitrogens with zero attached hydrogens (tertiary/aromatic N) is 1. The standard InChI is InChI=1S/C18H22N2O4/c1-4-11-20(18(22)16-10-9-13(2)24-16)12-17(21)19-14-7-5-6-8-15(14)23-3/h5-10H,4,11-12H2,1-3H3,(H,19,21). The minimum Gasteiger partial charge on any atom is -0.495 e. The van der Waals surface area contributed by atoms with Crippen LogP contribution in [0.3, 0.4) is 0 Å². The fourth-order valence-corrected chi connectivity index (χ4v) is 2.34. The molecule has 0 fully saturated rings. The van der Waals surface area contributed by atoms with Crippen LogP contribution in [-0.2, 0) is 4.79 Å². The van der Waals surface area contributed by atoms with E-state index in [2.05, 4.69) is 5.32 Å². The molecule has 6 nitrogen and oxygen atoms in total. The Bertz CT molecular complexity index is 709. The van der Waals surface area contributed by atoms with Crippen molar-refractivity contribution in [2.24, 2.45) is 0 Å². The molecule has 1 N–H and O–H groups in total. The lowest BCUT2D eigenvalue weighted by molar-refractivity contribution is -0.116. The first-order chi connectivity index (χ1) is 11.5. The zero-order chi connectivity index (χ0) is 17.5. The summed E-state index contributed by atoms with van der Waals surface area (Å²) in [4.78, 5) is 26.3. The molecule has 0 aliphatic carbocycles. The Morgan fingerprint density at radius 1 is 1.21 bits per heavy atom. The van der Waals surface area contributed by atoms with Crippen molar-refractivity contribution in [3.8, 4) is 5.75 Å². The summed E-state index contributed by atoms with van der Waals surface area (Å²) in [5.74, 6) is 0.893. The number of benzene rings is 1. The molecule has 0 saturated heterocycles. The molecule has 0 spiro atoms. The number of methoxy groups -OCH3 is 1. The number of hydrogen-bond acceptors (Lipinski definition) is 4. The predicted molar refractivity (Wildman–Crippen MR) is 91.3 cm³/mol. The highest BCUT2D eigenvalue weighted by Gasteiger charge is 2.21. The average molecular weight is 330 g/mol. The van der Waals surface area contributed by atoms with Crippen LogP contribution in [-0.4, -0.2) is 36.9 Å².